The van der Waals surface area contributed by atoms with Crippen LogP contribution in [0.3, 0.4) is 0 Å². The van der Waals surface area contributed by atoms with Crippen molar-refractivity contribution in [1.82, 2.24) is 0 Å². The fraction of sp³-hybridized carbons (Fsp3) is 0.625. The SMILES string of the molecule is CC/C=C\C/C=C\C/C=C\C/C=C\C/C=C\C/C=C\C/C=C\C/C=C\C/C=C\C/C=C\CCCCCCCCCCCCC(=O)OC(COC(=O)CCCCCCCCCCCCCC/C=C\C/C=C\C/C=C\C/C=C\CC)COP(=O)(O)OCC[N+](C)(C)C. The molecular weight excluding hydrogens is 1130 g/mol. The molecule has 0 amide bonds. The molecule has 0 saturated carbocycles. The molecule has 0 aliphatic heterocycles. The first-order valence-corrected chi connectivity index (χ1v) is 37.4. The van der Waals surface area contributed by atoms with Gasteiger partial charge in [0.25, 0.3) is 0 Å². The minimum atomic E-state index is -4.40. The maximum absolute atomic E-state index is 12.9. The van der Waals surface area contributed by atoms with Crippen molar-refractivity contribution in [3.05, 3.63) is 170 Å². The second-order valence-electron chi connectivity index (χ2n) is 24.5. The summed E-state index contributed by atoms with van der Waals surface area (Å²) < 4.78 is 34.7. The first kappa shape index (κ1) is 85.4. The van der Waals surface area contributed by atoms with E-state index in [1.807, 2.05) is 21.1 Å². The largest absolute Gasteiger partial charge is 0.472 e. The lowest BCUT2D eigenvalue weighted by Crippen LogP contribution is -2.37. The molecule has 510 valence electrons. The number of phosphoric acid groups is 1. The second kappa shape index (κ2) is 68.7. The van der Waals surface area contributed by atoms with E-state index in [2.05, 4.69) is 184 Å². The van der Waals surface area contributed by atoms with Gasteiger partial charge in [-0.05, 0) is 128 Å². The van der Waals surface area contributed by atoms with Crippen molar-refractivity contribution in [1.29, 1.82) is 0 Å². The molecule has 10 heteroatoms. The van der Waals surface area contributed by atoms with Gasteiger partial charge in [0.15, 0.2) is 6.10 Å². The fourth-order valence-electron chi connectivity index (χ4n) is 9.33. The molecule has 0 spiro atoms. The third kappa shape index (κ3) is 72.4. The first-order valence-electron chi connectivity index (χ1n) is 35.9. The average Bonchev–Trinajstić information content (AvgIpc) is 3.62. The number of hydrogen-bond donors (Lipinski definition) is 1. The summed E-state index contributed by atoms with van der Waals surface area (Å²) in [7, 11) is 1.46. The lowest BCUT2D eigenvalue weighted by molar-refractivity contribution is -0.870. The number of carbonyl (C=O) groups is 2. The molecule has 0 aliphatic rings. The molecule has 0 bridgehead atoms. The Hall–Kier alpha value is -4.63. The minimum absolute atomic E-state index is 0.0229. The van der Waals surface area contributed by atoms with E-state index < -0.39 is 26.5 Å². The Kier molecular flexibility index (Phi) is 65.2. The predicted molar refractivity (Wildman–Crippen MR) is 389 cm³/mol. The third-order valence-corrected chi connectivity index (χ3v) is 15.7. The van der Waals surface area contributed by atoms with Crippen molar-refractivity contribution in [2.24, 2.45) is 0 Å². The summed E-state index contributed by atoms with van der Waals surface area (Å²) in [5.41, 5.74) is 0. The number of esters is 2. The highest BCUT2D eigenvalue weighted by molar-refractivity contribution is 7.47. The number of nitrogens with zero attached hydrogens (tertiary/aromatic N) is 1. The van der Waals surface area contributed by atoms with Gasteiger partial charge in [0, 0.05) is 12.8 Å². The zero-order valence-corrected chi connectivity index (χ0v) is 58.9. The van der Waals surface area contributed by atoms with Crippen LogP contribution in [0.5, 0.6) is 0 Å². The molecule has 0 aromatic heterocycles. The van der Waals surface area contributed by atoms with Crippen LogP contribution >= 0.6 is 7.82 Å². The summed E-state index contributed by atoms with van der Waals surface area (Å²) >= 11 is 0. The summed E-state index contributed by atoms with van der Waals surface area (Å²) in [6.45, 7) is 4.20. The van der Waals surface area contributed by atoms with Gasteiger partial charge in [0.05, 0.1) is 27.7 Å². The average molecular weight is 1270 g/mol. The van der Waals surface area contributed by atoms with Crippen LogP contribution < -0.4 is 0 Å². The van der Waals surface area contributed by atoms with Gasteiger partial charge in [0.1, 0.15) is 19.8 Å². The summed E-state index contributed by atoms with van der Waals surface area (Å²) in [6, 6.07) is 0. The van der Waals surface area contributed by atoms with Crippen LogP contribution in [0.2, 0.25) is 0 Å². The molecular formula is C80H133NO8P+. The quantitative estimate of drug-likeness (QED) is 0.0211. The Morgan fingerprint density at radius 1 is 0.344 bits per heavy atom. The number of unbranched alkanes of at least 4 members (excludes halogenated alkanes) is 22. The van der Waals surface area contributed by atoms with E-state index in [1.165, 1.54) is 103 Å². The second-order valence-corrected chi connectivity index (χ2v) is 26.0. The zero-order chi connectivity index (χ0) is 65.5. The van der Waals surface area contributed by atoms with Gasteiger partial charge in [0.2, 0.25) is 0 Å². The van der Waals surface area contributed by atoms with E-state index in [9.17, 15) is 19.0 Å². The number of allylic oxidation sites excluding steroid dienone is 28. The number of hydrogen-bond acceptors (Lipinski definition) is 7. The van der Waals surface area contributed by atoms with E-state index in [0.29, 0.717) is 17.4 Å². The molecule has 0 radical (unpaired) electrons. The van der Waals surface area contributed by atoms with Crippen LogP contribution in [0.15, 0.2) is 170 Å². The fourth-order valence-corrected chi connectivity index (χ4v) is 10.1. The van der Waals surface area contributed by atoms with Crippen LogP contribution in [0.1, 0.15) is 271 Å². The topological polar surface area (TPSA) is 108 Å². The predicted octanol–water partition coefficient (Wildman–Crippen LogP) is 23.7. The standard InChI is InChI=1S/C80H132NO8P/c1-6-8-10-12-14-16-18-20-22-24-26-28-30-32-33-34-35-36-37-38-39-40-41-42-43-44-45-46-47-49-51-53-55-57-59-61-63-65-67-69-71-73-80(83)89-78(77-88-90(84,85)87-75-74-81(3,4)5)76-86-79(82)72-70-68-66-64-62-60-58-56-54-52-50-48-31-29-27-25-23-21-19-17-15-13-11-9-7-2/h8-11,14-17,20-23,26-29,32-33,35-36,38-39,41-42,44-45,47,49,78H,6-7,12-13,18-19,24-25,30-31,34,37,40,43,46,48,50-77H2,1-5H3/p+1/b10-8-,11-9-,16-14-,17-15-,22-20-,23-21-,28-26-,29-27-,33-32-,36-35-,39-38-,42-41-,45-44-,49-47-. The number of ether oxygens (including phenoxy) is 2. The Balaban J connectivity index is 4.10. The van der Waals surface area contributed by atoms with Gasteiger partial charge in [-0.1, -0.05) is 300 Å². The molecule has 0 aliphatic carbocycles. The summed E-state index contributed by atoms with van der Waals surface area (Å²) in [4.78, 5) is 35.9. The Labute approximate surface area is 553 Å². The van der Waals surface area contributed by atoms with Crippen LogP contribution in [0.25, 0.3) is 0 Å². The van der Waals surface area contributed by atoms with Gasteiger partial charge in [-0.3, -0.25) is 18.6 Å². The normalized spacial score (nSPS) is 14.2. The van der Waals surface area contributed by atoms with E-state index in [4.69, 9.17) is 18.5 Å². The molecule has 1 N–H and O–H groups in total. The number of rotatable bonds is 64. The number of phosphoric ester groups is 1. The first-order chi connectivity index (χ1) is 44.0. The van der Waals surface area contributed by atoms with Crippen LogP contribution in [0, 0.1) is 0 Å². The molecule has 9 nitrogen and oxygen atoms in total. The Morgan fingerprint density at radius 2 is 0.600 bits per heavy atom. The summed E-state index contributed by atoms with van der Waals surface area (Å²) in [5.74, 6) is -0.810. The molecule has 2 atom stereocenters. The van der Waals surface area contributed by atoms with Crippen molar-refractivity contribution in [3.8, 4) is 0 Å². The van der Waals surface area contributed by atoms with Crippen LogP contribution in [-0.2, 0) is 32.7 Å². The van der Waals surface area contributed by atoms with Gasteiger partial charge in [-0.15, -0.1) is 0 Å². The Morgan fingerprint density at radius 3 is 0.889 bits per heavy atom. The van der Waals surface area contributed by atoms with E-state index in [-0.39, 0.29) is 32.0 Å². The molecule has 0 aromatic carbocycles. The molecule has 0 saturated heterocycles. The maximum Gasteiger partial charge on any atom is 0.472 e. The third-order valence-electron chi connectivity index (χ3n) is 14.7. The molecule has 0 rings (SSSR count). The van der Waals surface area contributed by atoms with Gasteiger partial charge in [-0.2, -0.15) is 0 Å². The lowest BCUT2D eigenvalue weighted by Gasteiger charge is -2.24. The molecule has 90 heavy (non-hydrogen) atoms. The summed E-state index contributed by atoms with van der Waals surface area (Å²) in [5, 5.41) is 0. The van der Waals surface area contributed by atoms with Crippen molar-refractivity contribution < 1.29 is 42.1 Å². The highest BCUT2D eigenvalue weighted by Gasteiger charge is 2.27. The van der Waals surface area contributed by atoms with Gasteiger partial charge >= 0.3 is 19.8 Å². The zero-order valence-electron chi connectivity index (χ0n) is 58.1. The van der Waals surface area contributed by atoms with Crippen LogP contribution in [0.4, 0.5) is 0 Å². The molecule has 0 fully saturated rings. The van der Waals surface area contributed by atoms with Gasteiger partial charge in [-0.25, -0.2) is 4.57 Å². The van der Waals surface area contributed by atoms with E-state index in [0.717, 1.165) is 135 Å². The van der Waals surface area contributed by atoms with Crippen molar-refractivity contribution in [3.63, 3.8) is 0 Å². The smallest absolute Gasteiger partial charge is 0.462 e. The molecule has 0 aromatic rings. The monoisotopic (exact) mass is 1270 g/mol. The number of quaternary nitrogens is 1. The maximum atomic E-state index is 12.9. The minimum Gasteiger partial charge on any atom is -0.462 e. The van der Waals surface area contributed by atoms with Crippen molar-refractivity contribution >= 4 is 19.8 Å². The van der Waals surface area contributed by atoms with E-state index >= 15 is 0 Å². The van der Waals surface area contributed by atoms with Crippen LogP contribution in [-0.4, -0.2) is 74.9 Å². The highest BCUT2D eigenvalue weighted by Crippen LogP contribution is 2.43. The highest BCUT2D eigenvalue weighted by atomic mass is 31.2. The molecule has 0 heterocycles. The van der Waals surface area contributed by atoms with Crippen molar-refractivity contribution in [2.45, 2.75) is 277 Å². The number of carbonyl (C=O) groups excluding carboxylic acids is 2. The van der Waals surface area contributed by atoms with Gasteiger partial charge < -0.3 is 18.9 Å². The lowest BCUT2D eigenvalue weighted by atomic mass is 10.0. The van der Waals surface area contributed by atoms with E-state index in [1.54, 1.807) is 0 Å². The summed E-state index contributed by atoms with van der Waals surface area (Å²) in [6.07, 6.45) is 105. The molecule has 2 unspecified atom stereocenters. The van der Waals surface area contributed by atoms with Crippen molar-refractivity contribution in [2.75, 3.05) is 47.5 Å². The number of likely N-dealkylation sites (N-methyl/N-ethyl adjacent to an activating group) is 1. The Bertz CT molecular complexity index is 2130.